The van der Waals surface area contributed by atoms with Gasteiger partial charge in [-0.05, 0) is 11.6 Å². The normalized spacial score (nSPS) is 24.2. The molecule has 0 fully saturated rings. The molecule has 0 spiro atoms. The van der Waals surface area contributed by atoms with E-state index in [2.05, 4.69) is 12.6 Å². The highest BCUT2D eigenvalue weighted by molar-refractivity contribution is 7.83. The second kappa shape index (κ2) is 3.27. The number of fused-ring (bicyclic) bond motifs is 1. The minimum atomic E-state index is -1.77. The molecule has 1 aliphatic heterocycles. The standard InChI is InChI=1S/C10H8O4S/c11-8(12)10(15)5-6-3-1-2-4-7(6)14-9(10)13/h1-4,15H,5H2,(H,11,12). The van der Waals surface area contributed by atoms with Crippen molar-refractivity contribution in [3.63, 3.8) is 0 Å². The van der Waals surface area contributed by atoms with E-state index < -0.39 is 16.7 Å². The number of benzene rings is 1. The van der Waals surface area contributed by atoms with Gasteiger partial charge in [0.15, 0.2) is 0 Å². The summed E-state index contributed by atoms with van der Waals surface area (Å²) >= 11 is 3.89. The van der Waals surface area contributed by atoms with E-state index in [1.54, 1.807) is 24.3 Å². The Bertz CT molecular complexity index is 443. The number of ether oxygens (including phenoxy) is 1. The summed E-state index contributed by atoms with van der Waals surface area (Å²) in [5.74, 6) is -1.71. The molecular weight excluding hydrogens is 216 g/mol. The maximum Gasteiger partial charge on any atom is 0.339 e. The van der Waals surface area contributed by atoms with Gasteiger partial charge >= 0.3 is 11.9 Å². The SMILES string of the molecule is O=C(O)C1(S)Cc2ccccc2OC1=O. The van der Waals surface area contributed by atoms with Crippen molar-refractivity contribution in [2.75, 3.05) is 0 Å². The number of rotatable bonds is 1. The van der Waals surface area contributed by atoms with Crippen molar-refractivity contribution in [2.24, 2.45) is 0 Å². The molecule has 0 aliphatic carbocycles. The van der Waals surface area contributed by atoms with E-state index >= 15 is 0 Å². The van der Waals surface area contributed by atoms with Gasteiger partial charge < -0.3 is 9.84 Å². The molecule has 0 saturated carbocycles. The first-order chi connectivity index (χ1) is 7.04. The number of carbonyl (C=O) groups is 2. The lowest BCUT2D eigenvalue weighted by Gasteiger charge is -2.27. The van der Waals surface area contributed by atoms with E-state index in [0.717, 1.165) is 0 Å². The largest absolute Gasteiger partial charge is 0.480 e. The van der Waals surface area contributed by atoms with E-state index in [1.807, 2.05) is 0 Å². The molecule has 1 heterocycles. The molecular formula is C10H8O4S. The highest BCUT2D eigenvalue weighted by Crippen LogP contribution is 2.33. The van der Waals surface area contributed by atoms with Crippen LogP contribution in [-0.4, -0.2) is 21.8 Å². The summed E-state index contributed by atoms with van der Waals surface area (Å²) in [7, 11) is 0. The second-order valence-electron chi connectivity index (χ2n) is 3.34. The molecule has 0 radical (unpaired) electrons. The van der Waals surface area contributed by atoms with E-state index in [0.29, 0.717) is 11.3 Å². The third-order valence-electron chi connectivity index (χ3n) is 2.31. The summed E-state index contributed by atoms with van der Waals surface area (Å²) in [5.41, 5.74) is 0.675. The van der Waals surface area contributed by atoms with Crippen molar-refractivity contribution >= 4 is 24.6 Å². The van der Waals surface area contributed by atoms with Crippen LogP contribution in [0.1, 0.15) is 5.56 Å². The predicted molar refractivity (Wildman–Crippen MR) is 55.1 cm³/mol. The Kier molecular flexibility index (Phi) is 2.19. The minimum absolute atomic E-state index is 0.0421. The van der Waals surface area contributed by atoms with Gasteiger partial charge in [-0.3, -0.25) is 4.79 Å². The molecule has 1 atom stereocenters. The average molecular weight is 224 g/mol. The Balaban J connectivity index is 2.46. The van der Waals surface area contributed by atoms with Crippen LogP contribution in [0.3, 0.4) is 0 Å². The third kappa shape index (κ3) is 1.48. The lowest BCUT2D eigenvalue weighted by Crippen LogP contribution is -2.48. The molecule has 0 amide bonds. The molecule has 1 aromatic rings. The van der Waals surface area contributed by atoms with Gasteiger partial charge in [-0.2, -0.15) is 0 Å². The van der Waals surface area contributed by atoms with Gasteiger partial charge in [0.1, 0.15) is 5.75 Å². The molecule has 1 aromatic carbocycles. The van der Waals surface area contributed by atoms with Crippen LogP contribution in [0.25, 0.3) is 0 Å². The zero-order valence-corrected chi connectivity index (χ0v) is 8.53. The van der Waals surface area contributed by atoms with Crippen LogP contribution in [0.5, 0.6) is 5.75 Å². The summed E-state index contributed by atoms with van der Waals surface area (Å²) in [6, 6.07) is 6.82. The molecule has 0 saturated heterocycles. The van der Waals surface area contributed by atoms with Crippen molar-refractivity contribution in [1.29, 1.82) is 0 Å². The van der Waals surface area contributed by atoms with Gasteiger partial charge in [0.05, 0.1) is 0 Å². The molecule has 1 unspecified atom stereocenters. The van der Waals surface area contributed by atoms with Crippen LogP contribution >= 0.6 is 12.6 Å². The maximum atomic E-state index is 11.4. The number of para-hydroxylation sites is 1. The van der Waals surface area contributed by atoms with Gasteiger partial charge in [0.25, 0.3) is 0 Å². The lowest BCUT2D eigenvalue weighted by atomic mass is 9.95. The summed E-state index contributed by atoms with van der Waals surface area (Å²) in [5, 5.41) is 8.92. The Morgan fingerprint density at radius 1 is 1.47 bits per heavy atom. The summed E-state index contributed by atoms with van der Waals surface area (Å²) in [6.45, 7) is 0. The molecule has 2 rings (SSSR count). The van der Waals surface area contributed by atoms with E-state index in [1.165, 1.54) is 0 Å². The number of thiol groups is 1. The van der Waals surface area contributed by atoms with Gasteiger partial charge in [-0.1, -0.05) is 18.2 Å². The van der Waals surface area contributed by atoms with Crippen LogP contribution < -0.4 is 4.74 Å². The maximum absolute atomic E-state index is 11.4. The van der Waals surface area contributed by atoms with Crippen LogP contribution in [0.4, 0.5) is 0 Å². The Morgan fingerprint density at radius 3 is 2.80 bits per heavy atom. The van der Waals surface area contributed by atoms with Crippen LogP contribution in [0.15, 0.2) is 24.3 Å². The van der Waals surface area contributed by atoms with Gasteiger partial charge in [0.2, 0.25) is 4.75 Å². The van der Waals surface area contributed by atoms with Gasteiger partial charge in [0, 0.05) is 6.42 Å². The molecule has 0 bridgehead atoms. The first kappa shape index (κ1) is 10.0. The summed E-state index contributed by atoms with van der Waals surface area (Å²) < 4.78 is 3.14. The van der Waals surface area contributed by atoms with E-state index in [9.17, 15) is 9.59 Å². The first-order valence-electron chi connectivity index (χ1n) is 4.30. The fourth-order valence-corrected chi connectivity index (χ4v) is 1.66. The smallest absolute Gasteiger partial charge is 0.339 e. The number of hydrogen-bond acceptors (Lipinski definition) is 4. The van der Waals surface area contributed by atoms with Crippen molar-refractivity contribution in [1.82, 2.24) is 0 Å². The second-order valence-corrected chi connectivity index (χ2v) is 4.10. The Morgan fingerprint density at radius 2 is 2.13 bits per heavy atom. The fourth-order valence-electron chi connectivity index (χ4n) is 1.44. The number of carboxylic acid groups (broad SMARTS) is 1. The van der Waals surface area contributed by atoms with E-state index in [4.69, 9.17) is 9.84 Å². The van der Waals surface area contributed by atoms with Gasteiger partial charge in [-0.25, -0.2) is 4.79 Å². The predicted octanol–water partition coefficient (Wildman–Crippen LogP) is 0.901. The number of carboxylic acids is 1. The van der Waals surface area contributed by atoms with Gasteiger partial charge in [-0.15, -0.1) is 12.6 Å². The summed E-state index contributed by atoms with van der Waals surface area (Å²) in [6.07, 6.45) is 0.0421. The van der Waals surface area contributed by atoms with Crippen molar-refractivity contribution < 1.29 is 19.4 Å². The third-order valence-corrected chi connectivity index (χ3v) is 2.85. The molecule has 15 heavy (non-hydrogen) atoms. The lowest BCUT2D eigenvalue weighted by molar-refractivity contribution is -0.151. The van der Waals surface area contributed by atoms with Crippen molar-refractivity contribution in [3.8, 4) is 5.75 Å². The number of carbonyl (C=O) groups excluding carboxylic acids is 1. The zero-order chi connectivity index (χ0) is 11.1. The molecule has 1 N–H and O–H groups in total. The van der Waals surface area contributed by atoms with Crippen LogP contribution in [-0.2, 0) is 16.0 Å². The average Bonchev–Trinajstić information content (AvgIpc) is 2.19. The number of aliphatic carboxylic acids is 1. The quantitative estimate of drug-likeness (QED) is 0.322. The highest BCUT2D eigenvalue weighted by atomic mass is 32.1. The topological polar surface area (TPSA) is 63.6 Å². The van der Waals surface area contributed by atoms with Crippen molar-refractivity contribution in [3.05, 3.63) is 29.8 Å². The molecule has 0 aromatic heterocycles. The monoisotopic (exact) mass is 224 g/mol. The van der Waals surface area contributed by atoms with Crippen LogP contribution in [0, 0.1) is 0 Å². The number of hydrogen-bond donors (Lipinski definition) is 2. The minimum Gasteiger partial charge on any atom is -0.480 e. The Hall–Kier alpha value is -1.49. The highest BCUT2D eigenvalue weighted by Gasteiger charge is 2.48. The van der Waals surface area contributed by atoms with Crippen molar-refractivity contribution in [2.45, 2.75) is 11.2 Å². The van der Waals surface area contributed by atoms with Crippen LogP contribution in [0.2, 0.25) is 0 Å². The molecule has 1 aliphatic rings. The summed E-state index contributed by atoms with van der Waals surface area (Å²) in [4.78, 5) is 22.4. The molecule has 78 valence electrons. The fraction of sp³-hybridized carbons (Fsp3) is 0.200. The first-order valence-corrected chi connectivity index (χ1v) is 4.75. The Labute approximate surface area is 91.3 Å². The molecule has 4 nitrogen and oxygen atoms in total. The molecule has 5 heteroatoms. The van der Waals surface area contributed by atoms with E-state index in [-0.39, 0.29) is 6.42 Å². The zero-order valence-electron chi connectivity index (χ0n) is 7.64. The number of esters is 1.